The number of benzene rings is 1. The molecular weight excluding hydrogens is 252 g/mol. The Morgan fingerprint density at radius 2 is 2.00 bits per heavy atom. The van der Waals surface area contributed by atoms with Gasteiger partial charge < -0.3 is 0 Å². The zero-order chi connectivity index (χ0) is 13.3. The molecule has 2 aromatic rings. The summed E-state index contributed by atoms with van der Waals surface area (Å²) < 4.78 is 3.04. The quantitative estimate of drug-likeness (QED) is 0.512. The van der Waals surface area contributed by atoms with Crippen molar-refractivity contribution in [3.8, 4) is 0 Å². The standard InChI is InChI=1S/C12H14ClN4O/c1-8-15-16(9(2)17(8)14)7-12(18)10-3-5-11(13)6-4-10/h3-6H,7,14H2,1-2H3/q+1. The number of carbonyl (C=O) groups excluding carboxylic acids is 1. The van der Waals surface area contributed by atoms with E-state index in [1.807, 2.05) is 6.92 Å². The lowest BCUT2D eigenvalue weighted by atomic mass is 10.1. The molecule has 0 amide bonds. The van der Waals surface area contributed by atoms with Crippen molar-refractivity contribution >= 4 is 17.4 Å². The van der Waals surface area contributed by atoms with E-state index in [2.05, 4.69) is 5.10 Å². The Kier molecular flexibility index (Phi) is 3.34. The summed E-state index contributed by atoms with van der Waals surface area (Å²) in [5.74, 6) is 7.11. The van der Waals surface area contributed by atoms with Crippen molar-refractivity contribution in [3.63, 3.8) is 0 Å². The summed E-state index contributed by atoms with van der Waals surface area (Å²) in [6.45, 7) is 3.77. The normalized spacial score (nSPS) is 10.6. The smallest absolute Gasteiger partial charge is 0.290 e. The maximum absolute atomic E-state index is 12.0. The second-order valence-corrected chi connectivity index (χ2v) is 4.49. The van der Waals surface area contributed by atoms with Gasteiger partial charge in [-0.2, -0.15) is 0 Å². The molecule has 0 saturated carbocycles. The summed E-state index contributed by atoms with van der Waals surface area (Å²) in [7, 11) is 0. The number of nitrogen functional groups attached to an aromatic ring is 1. The van der Waals surface area contributed by atoms with E-state index in [1.165, 1.54) is 4.68 Å². The first kappa shape index (κ1) is 12.6. The average Bonchev–Trinajstić information content (AvgIpc) is 2.58. The van der Waals surface area contributed by atoms with Crippen molar-refractivity contribution in [2.75, 3.05) is 5.84 Å². The second kappa shape index (κ2) is 4.78. The highest BCUT2D eigenvalue weighted by Gasteiger charge is 2.20. The van der Waals surface area contributed by atoms with E-state index >= 15 is 0 Å². The Morgan fingerprint density at radius 1 is 1.39 bits per heavy atom. The number of aryl methyl sites for hydroxylation is 1. The van der Waals surface area contributed by atoms with Crippen LogP contribution < -0.4 is 10.5 Å². The van der Waals surface area contributed by atoms with Crippen LogP contribution in [0.2, 0.25) is 5.02 Å². The number of nitrogens with two attached hydrogens (primary N) is 1. The lowest BCUT2D eigenvalue weighted by Gasteiger charge is -1.98. The predicted molar refractivity (Wildman–Crippen MR) is 67.8 cm³/mol. The fourth-order valence-corrected chi connectivity index (χ4v) is 1.79. The van der Waals surface area contributed by atoms with Crippen molar-refractivity contribution < 1.29 is 9.47 Å². The highest BCUT2D eigenvalue weighted by Crippen LogP contribution is 2.10. The molecule has 0 aliphatic rings. The van der Waals surface area contributed by atoms with E-state index in [0.29, 0.717) is 16.4 Å². The molecule has 0 aliphatic heterocycles. The van der Waals surface area contributed by atoms with E-state index in [4.69, 9.17) is 17.4 Å². The van der Waals surface area contributed by atoms with Gasteiger partial charge in [0, 0.05) is 29.5 Å². The van der Waals surface area contributed by atoms with Crippen molar-refractivity contribution in [2.24, 2.45) is 0 Å². The first-order chi connectivity index (χ1) is 8.49. The van der Waals surface area contributed by atoms with Crippen molar-refractivity contribution in [2.45, 2.75) is 20.4 Å². The van der Waals surface area contributed by atoms with Crippen LogP contribution in [0.4, 0.5) is 0 Å². The number of hydrogen-bond acceptors (Lipinski definition) is 3. The number of hydrogen-bond donors (Lipinski definition) is 1. The van der Waals surface area contributed by atoms with E-state index in [1.54, 1.807) is 35.9 Å². The van der Waals surface area contributed by atoms with E-state index in [9.17, 15) is 4.79 Å². The SMILES string of the molecule is Cc1nn(CC(=O)c2ccc(Cl)cc2)c(C)[n+]1N. The maximum Gasteiger partial charge on any atom is 0.295 e. The Labute approximate surface area is 110 Å². The zero-order valence-electron chi connectivity index (χ0n) is 10.2. The van der Waals surface area contributed by atoms with Gasteiger partial charge in [0.25, 0.3) is 11.6 Å². The van der Waals surface area contributed by atoms with Gasteiger partial charge in [-0.1, -0.05) is 11.6 Å². The van der Waals surface area contributed by atoms with Gasteiger partial charge in [-0.25, -0.2) is 0 Å². The van der Waals surface area contributed by atoms with Gasteiger partial charge in [0.1, 0.15) is 0 Å². The van der Waals surface area contributed by atoms with Crippen LogP contribution in [0.3, 0.4) is 0 Å². The number of carbonyl (C=O) groups is 1. The number of nitrogens with zero attached hydrogens (tertiary/aromatic N) is 3. The Morgan fingerprint density at radius 3 is 2.50 bits per heavy atom. The first-order valence-corrected chi connectivity index (χ1v) is 5.86. The number of ketones is 1. The molecule has 1 aromatic carbocycles. The summed E-state index contributed by atoms with van der Waals surface area (Å²) in [4.78, 5) is 12.0. The van der Waals surface area contributed by atoms with Crippen LogP contribution in [-0.4, -0.2) is 15.6 Å². The van der Waals surface area contributed by atoms with Crippen LogP contribution in [0.25, 0.3) is 0 Å². The highest BCUT2D eigenvalue weighted by atomic mass is 35.5. The monoisotopic (exact) mass is 265 g/mol. The summed E-state index contributed by atoms with van der Waals surface area (Å²) in [6, 6.07) is 6.79. The largest absolute Gasteiger partial charge is 0.295 e. The molecule has 0 fully saturated rings. The topological polar surface area (TPSA) is 64.8 Å². The van der Waals surface area contributed by atoms with Crippen molar-refractivity contribution in [1.82, 2.24) is 9.78 Å². The molecular formula is C12H14ClN4O+. The third-order valence-corrected chi connectivity index (χ3v) is 3.05. The molecule has 0 saturated heterocycles. The van der Waals surface area contributed by atoms with Crippen molar-refractivity contribution in [3.05, 3.63) is 46.5 Å². The van der Waals surface area contributed by atoms with Crippen LogP contribution in [-0.2, 0) is 6.54 Å². The highest BCUT2D eigenvalue weighted by molar-refractivity contribution is 6.30. The third kappa shape index (κ3) is 2.36. The molecule has 0 radical (unpaired) electrons. The fraction of sp³-hybridized carbons (Fsp3) is 0.250. The first-order valence-electron chi connectivity index (χ1n) is 5.49. The molecule has 94 valence electrons. The molecule has 0 unspecified atom stereocenters. The molecule has 18 heavy (non-hydrogen) atoms. The van der Waals surface area contributed by atoms with Crippen LogP contribution in [0.1, 0.15) is 22.0 Å². The number of Topliss-reactive ketones (excluding diaryl/α,β-unsaturated/α-hetero) is 1. The minimum absolute atomic E-state index is 0.0298. The van der Waals surface area contributed by atoms with Crippen LogP contribution in [0.15, 0.2) is 24.3 Å². The Hall–Kier alpha value is -1.88. The molecule has 2 rings (SSSR count). The van der Waals surface area contributed by atoms with Gasteiger partial charge in [-0.05, 0) is 24.3 Å². The Balaban J connectivity index is 2.21. The third-order valence-electron chi connectivity index (χ3n) is 2.80. The van der Waals surface area contributed by atoms with Gasteiger partial charge in [-0.15, -0.1) is 9.36 Å². The van der Waals surface area contributed by atoms with Gasteiger partial charge >= 0.3 is 0 Å². The number of rotatable bonds is 3. The molecule has 6 heteroatoms. The minimum Gasteiger partial charge on any atom is -0.290 e. The summed E-state index contributed by atoms with van der Waals surface area (Å²) in [5.41, 5.74) is 0.607. The second-order valence-electron chi connectivity index (χ2n) is 4.05. The summed E-state index contributed by atoms with van der Waals surface area (Å²) in [6.07, 6.45) is 0. The minimum atomic E-state index is -0.0298. The molecule has 0 aliphatic carbocycles. The predicted octanol–water partition coefficient (Wildman–Crippen LogP) is 1.04. The zero-order valence-corrected chi connectivity index (χ0v) is 11.0. The molecule has 0 atom stereocenters. The van der Waals surface area contributed by atoms with Gasteiger partial charge in [-0.3, -0.25) is 10.6 Å². The average molecular weight is 266 g/mol. The number of halogens is 1. The van der Waals surface area contributed by atoms with Crippen LogP contribution in [0.5, 0.6) is 0 Å². The fourth-order valence-electron chi connectivity index (χ4n) is 1.67. The molecule has 2 N–H and O–H groups in total. The molecule has 1 aromatic heterocycles. The van der Waals surface area contributed by atoms with E-state index in [-0.39, 0.29) is 12.3 Å². The van der Waals surface area contributed by atoms with Gasteiger partial charge in [0.15, 0.2) is 12.3 Å². The van der Waals surface area contributed by atoms with E-state index in [0.717, 1.165) is 5.82 Å². The van der Waals surface area contributed by atoms with Crippen LogP contribution in [0, 0.1) is 13.8 Å². The van der Waals surface area contributed by atoms with E-state index < -0.39 is 0 Å². The molecule has 0 bridgehead atoms. The lowest BCUT2D eigenvalue weighted by molar-refractivity contribution is -0.652. The molecule has 1 heterocycles. The van der Waals surface area contributed by atoms with Crippen molar-refractivity contribution in [1.29, 1.82) is 0 Å². The summed E-state index contributed by atoms with van der Waals surface area (Å²) >= 11 is 5.78. The molecule has 0 spiro atoms. The van der Waals surface area contributed by atoms with Crippen LogP contribution >= 0.6 is 11.6 Å². The summed E-state index contributed by atoms with van der Waals surface area (Å²) in [5, 5.41) is 4.81. The number of aromatic nitrogens is 3. The van der Waals surface area contributed by atoms with Gasteiger partial charge in [0.05, 0.1) is 0 Å². The maximum atomic E-state index is 12.0. The van der Waals surface area contributed by atoms with Gasteiger partial charge in [0.2, 0.25) is 0 Å². The Bertz CT molecular complexity index is 589. The lowest BCUT2D eigenvalue weighted by Crippen LogP contribution is -2.48. The molecule has 5 nitrogen and oxygen atoms in total.